The van der Waals surface area contributed by atoms with Crippen LogP contribution >= 0.6 is 0 Å². The van der Waals surface area contributed by atoms with Crippen LogP contribution in [-0.2, 0) is 10.0 Å². The van der Waals surface area contributed by atoms with Gasteiger partial charge in [0.15, 0.2) is 0 Å². The topological polar surface area (TPSA) is 72.2 Å². The molecule has 4 nitrogen and oxygen atoms in total. The first kappa shape index (κ1) is 12.7. The van der Waals surface area contributed by atoms with Crippen molar-refractivity contribution in [1.29, 1.82) is 0 Å². The van der Waals surface area contributed by atoms with Crippen molar-refractivity contribution in [3.05, 3.63) is 42.5 Å². The molecular weight excluding hydrogens is 224 g/mol. The SMILES string of the molecule is C=CCS(=O)(=O)NC(C)c1cccc(N)c1. The summed E-state index contributed by atoms with van der Waals surface area (Å²) in [5.41, 5.74) is 7.08. The van der Waals surface area contributed by atoms with E-state index in [2.05, 4.69) is 11.3 Å². The van der Waals surface area contributed by atoms with Gasteiger partial charge in [-0.05, 0) is 24.6 Å². The molecule has 0 aliphatic heterocycles. The zero-order chi connectivity index (χ0) is 12.2. The first-order chi connectivity index (χ1) is 7.44. The molecule has 1 aromatic rings. The van der Waals surface area contributed by atoms with Gasteiger partial charge in [-0.15, -0.1) is 6.58 Å². The van der Waals surface area contributed by atoms with Gasteiger partial charge in [0.05, 0.1) is 5.75 Å². The Bertz CT molecular complexity index is 469. The van der Waals surface area contributed by atoms with Crippen molar-refractivity contribution in [1.82, 2.24) is 4.72 Å². The van der Waals surface area contributed by atoms with Gasteiger partial charge < -0.3 is 5.73 Å². The molecule has 1 atom stereocenters. The van der Waals surface area contributed by atoms with E-state index in [1.165, 1.54) is 6.08 Å². The molecule has 0 saturated carbocycles. The van der Waals surface area contributed by atoms with Crippen LogP contribution in [0.4, 0.5) is 5.69 Å². The fraction of sp³-hybridized carbons (Fsp3) is 0.273. The third-order valence-corrected chi connectivity index (χ3v) is 3.49. The number of benzene rings is 1. The molecule has 1 aromatic carbocycles. The normalized spacial score (nSPS) is 13.3. The maximum absolute atomic E-state index is 11.5. The summed E-state index contributed by atoms with van der Waals surface area (Å²) in [6.45, 7) is 5.17. The lowest BCUT2D eigenvalue weighted by molar-refractivity contribution is 0.570. The van der Waals surface area contributed by atoms with Crippen molar-refractivity contribution in [2.45, 2.75) is 13.0 Å². The van der Waals surface area contributed by atoms with E-state index in [9.17, 15) is 8.42 Å². The average Bonchev–Trinajstić information content (AvgIpc) is 2.16. The zero-order valence-electron chi connectivity index (χ0n) is 9.18. The Balaban J connectivity index is 2.80. The average molecular weight is 240 g/mol. The molecule has 0 radical (unpaired) electrons. The smallest absolute Gasteiger partial charge is 0.215 e. The van der Waals surface area contributed by atoms with Crippen molar-refractivity contribution in [2.24, 2.45) is 0 Å². The van der Waals surface area contributed by atoms with Crippen LogP contribution in [0.15, 0.2) is 36.9 Å². The molecule has 16 heavy (non-hydrogen) atoms. The Morgan fingerprint density at radius 3 is 2.81 bits per heavy atom. The minimum atomic E-state index is -3.30. The van der Waals surface area contributed by atoms with E-state index in [1.807, 2.05) is 6.07 Å². The van der Waals surface area contributed by atoms with Gasteiger partial charge in [0.2, 0.25) is 10.0 Å². The van der Waals surface area contributed by atoms with Crippen LogP contribution < -0.4 is 10.5 Å². The van der Waals surface area contributed by atoms with E-state index in [1.54, 1.807) is 25.1 Å². The molecule has 3 N–H and O–H groups in total. The van der Waals surface area contributed by atoms with Crippen LogP contribution in [0.2, 0.25) is 0 Å². The lowest BCUT2D eigenvalue weighted by Gasteiger charge is -2.14. The first-order valence-corrected chi connectivity index (χ1v) is 6.56. The molecule has 88 valence electrons. The lowest BCUT2D eigenvalue weighted by Crippen LogP contribution is -2.28. The van der Waals surface area contributed by atoms with Gasteiger partial charge in [-0.1, -0.05) is 18.2 Å². The van der Waals surface area contributed by atoms with Gasteiger partial charge in [0, 0.05) is 11.7 Å². The fourth-order valence-corrected chi connectivity index (χ4v) is 2.45. The Morgan fingerprint density at radius 2 is 2.25 bits per heavy atom. The molecule has 0 heterocycles. The maximum atomic E-state index is 11.5. The number of hydrogen-bond acceptors (Lipinski definition) is 3. The Hall–Kier alpha value is -1.33. The number of anilines is 1. The van der Waals surface area contributed by atoms with Crippen molar-refractivity contribution >= 4 is 15.7 Å². The summed E-state index contributed by atoms with van der Waals surface area (Å²) < 4.78 is 25.5. The summed E-state index contributed by atoms with van der Waals surface area (Å²) in [6.07, 6.45) is 1.36. The molecule has 0 aliphatic rings. The Kier molecular flexibility index (Phi) is 4.09. The van der Waals surface area contributed by atoms with Crippen LogP contribution in [0.3, 0.4) is 0 Å². The minimum Gasteiger partial charge on any atom is -0.399 e. The Labute approximate surface area is 96.2 Å². The molecule has 1 rings (SSSR count). The molecule has 0 aromatic heterocycles. The molecule has 0 saturated heterocycles. The molecule has 1 unspecified atom stereocenters. The first-order valence-electron chi connectivity index (χ1n) is 4.91. The number of rotatable bonds is 5. The van der Waals surface area contributed by atoms with Gasteiger partial charge >= 0.3 is 0 Å². The van der Waals surface area contributed by atoms with E-state index in [0.717, 1.165) is 5.56 Å². The summed E-state index contributed by atoms with van der Waals surface area (Å²) in [4.78, 5) is 0. The summed E-state index contributed by atoms with van der Waals surface area (Å²) in [7, 11) is -3.30. The van der Waals surface area contributed by atoms with Crippen molar-refractivity contribution in [2.75, 3.05) is 11.5 Å². The largest absolute Gasteiger partial charge is 0.399 e. The van der Waals surface area contributed by atoms with Crippen molar-refractivity contribution in [3.63, 3.8) is 0 Å². The van der Waals surface area contributed by atoms with Crippen LogP contribution in [-0.4, -0.2) is 14.2 Å². The second-order valence-corrected chi connectivity index (χ2v) is 5.38. The van der Waals surface area contributed by atoms with E-state index < -0.39 is 10.0 Å². The van der Waals surface area contributed by atoms with Gasteiger partial charge in [-0.3, -0.25) is 0 Å². The highest BCUT2D eigenvalue weighted by Crippen LogP contribution is 2.16. The highest BCUT2D eigenvalue weighted by molar-refractivity contribution is 7.89. The molecule has 0 spiro atoms. The standard InChI is InChI=1S/C11H16N2O2S/c1-3-7-16(14,15)13-9(2)10-5-4-6-11(12)8-10/h3-6,8-9,13H,1,7,12H2,2H3. The summed E-state index contributed by atoms with van der Waals surface area (Å²) in [5.74, 6) is -0.0837. The monoisotopic (exact) mass is 240 g/mol. The van der Waals surface area contributed by atoms with Crippen molar-refractivity contribution < 1.29 is 8.42 Å². The number of sulfonamides is 1. The third kappa shape index (κ3) is 3.67. The maximum Gasteiger partial charge on any atom is 0.215 e. The predicted molar refractivity (Wildman–Crippen MR) is 66.4 cm³/mol. The number of nitrogens with one attached hydrogen (secondary N) is 1. The summed E-state index contributed by atoms with van der Waals surface area (Å²) >= 11 is 0. The third-order valence-electron chi connectivity index (χ3n) is 2.10. The molecule has 0 fully saturated rings. The molecule has 0 bridgehead atoms. The van der Waals surface area contributed by atoms with E-state index in [4.69, 9.17) is 5.73 Å². The number of nitrogens with two attached hydrogens (primary N) is 1. The van der Waals surface area contributed by atoms with Crippen LogP contribution in [0, 0.1) is 0 Å². The number of hydrogen-bond donors (Lipinski definition) is 2. The van der Waals surface area contributed by atoms with Crippen LogP contribution in [0.5, 0.6) is 0 Å². The number of nitrogen functional groups attached to an aromatic ring is 1. The molecule has 0 amide bonds. The van der Waals surface area contributed by atoms with Gasteiger partial charge in [0.1, 0.15) is 0 Å². The van der Waals surface area contributed by atoms with Gasteiger partial charge in [-0.2, -0.15) is 0 Å². The zero-order valence-corrected chi connectivity index (χ0v) is 10.00. The molecule has 5 heteroatoms. The molecule has 0 aliphatic carbocycles. The van der Waals surface area contributed by atoms with Gasteiger partial charge in [-0.25, -0.2) is 13.1 Å². The second kappa shape index (κ2) is 5.14. The highest BCUT2D eigenvalue weighted by Gasteiger charge is 2.13. The quantitative estimate of drug-likeness (QED) is 0.604. The lowest BCUT2D eigenvalue weighted by atomic mass is 10.1. The van der Waals surface area contributed by atoms with Crippen molar-refractivity contribution in [3.8, 4) is 0 Å². The molecular formula is C11H16N2O2S. The van der Waals surface area contributed by atoms with E-state index >= 15 is 0 Å². The fourth-order valence-electron chi connectivity index (χ4n) is 1.37. The highest BCUT2D eigenvalue weighted by atomic mass is 32.2. The van der Waals surface area contributed by atoms with E-state index in [0.29, 0.717) is 5.69 Å². The summed E-state index contributed by atoms with van der Waals surface area (Å²) in [5, 5.41) is 0. The second-order valence-electron chi connectivity index (χ2n) is 3.58. The van der Waals surface area contributed by atoms with Crippen LogP contribution in [0.1, 0.15) is 18.5 Å². The Morgan fingerprint density at radius 1 is 1.56 bits per heavy atom. The van der Waals surface area contributed by atoms with Gasteiger partial charge in [0.25, 0.3) is 0 Å². The predicted octanol–water partition coefficient (Wildman–Crippen LogP) is 1.44. The van der Waals surface area contributed by atoms with E-state index in [-0.39, 0.29) is 11.8 Å². The summed E-state index contributed by atoms with van der Waals surface area (Å²) in [6, 6.07) is 6.84. The van der Waals surface area contributed by atoms with Crippen LogP contribution in [0.25, 0.3) is 0 Å². The minimum absolute atomic E-state index is 0.0837.